The minimum Gasteiger partial charge on any atom is -0.398 e. The maximum atomic E-state index is 9.44. The highest BCUT2D eigenvalue weighted by Crippen LogP contribution is 2.28. The van der Waals surface area contributed by atoms with E-state index in [9.17, 15) is 10.2 Å². The molecule has 0 saturated carbocycles. The van der Waals surface area contributed by atoms with Gasteiger partial charge in [-0.1, -0.05) is 12.1 Å². The van der Waals surface area contributed by atoms with Gasteiger partial charge in [0.1, 0.15) is 0 Å². The first kappa shape index (κ1) is 10.0. The van der Waals surface area contributed by atoms with Crippen LogP contribution < -0.4 is 5.73 Å². The van der Waals surface area contributed by atoms with E-state index in [1.165, 1.54) is 0 Å². The van der Waals surface area contributed by atoms with E-state index >= 15 is 0 Å². The summed E-state index contributed by atoms with van der Waals surface area (Å²) >= 11 is 0. The van der Waals surface area contributed by atoms with Crippen LogP contribution in [0.4, 0.5) is 5.69 Å². The van der Waals surface area contributed by atoms with Gasteiger partial charge in [-0.25, -0.2) is 0 Å². The highest BCUT2D eigenvalue weighted by molar-refractivity contribution is 5.52. The zero-order chi connectivity index (χ0) is 10.0. The van der Waals surface area contributed by atoms with Crippen molar-refractivity contribution in [2.75, 3.05) is 5.73 Å². The van der Waals surface area contributed by atoms with Crippen molar-refractivity contribution in [1.29, 1.82) is 0 Å². The number of hydrogen-bond donors (Lipinski definition) is 3. The number of nitrogen functional groups attached to an aromatic ring is 1. The Kier molecular flexibility index (Phi) is 2.90. The third-order valence-electron chi connectivity index (χ3n) is 2.04. The molecule has 0 amide bonds. The van der Waals surface area contributed by atoms with Crippen LogP contribution in [0.3, 0.4) is 0 Å². The Balaban J connectivity index is 3.26. The Morgan fingerprint density at radius 1 is 1.15 bits per heavy atom. The number of benzene rings is 1. The van der Waals surface area contributed by atoms with Crippen LogP contribution in [0, 0.1) is 0 Å². The Morgan fingerprint density at radius 2 is 1.77 bits per heavy atom. The summed E-state index contributed by atoms with van der Waals surface area (Å²) in [5, 5.41) is 18.9. The Bertz CT molecular complexity index is 295. The molecule has 4 N–H and O–H groups in total. The maximum Gasteiger partial charge on any atom is 0.0785 e. The van der Waals surface area contributed by atoms with Gasteiger partial charge in [-0.15, -0.1) is 0 Å². The lowest BCUT2D eigenvalue weighted by Gasteiger charge is -2.16. The van der Waals surface area contributed by atoms with E-state index in [4.69, 9.17) is 5.73 Å². The van der Waals surface area contributed by atoms with Gasteiger partial charge in [0.05, 0.1) is 12.2 Å². The quantitative estimate of drug-likeness (QED) is 0.604. The van der Waals surface area contributed by atoms with Gasteiger partial charge in [0.2, 0.25) is 0 Å². The number of rotatable bonds is 2. The average molecular weight is 181 g/mol. The molecule has 13 heavy (non-hydrogen) atoms. The van der Waals surface area contributed by atoms with E-state index in [0.29, 0.717) is 16.8 Å². The number of aliphatic hydroxyl groups is 2. The summed E-state index contributed by atoms with van der Waals surface area (Å²) in [7, 11) is 0. The Hall–Kier alpha value is -1.06. The molecule has 2 unspecified atom stereocenters. The van der Waals surface area contributed by atoms with Crippen LogP contribution in [-0.4, -0.2) is 10.2 Å². The van der Waals surface area contributed by atoms with Crippen molar-refractivity contribution in [3.8, 4) is 0 Å². The van der Waals surface area contributed by atoms with Gasteiger partial charge in [-0.3, -0.25) is 0 Å². The molecule has 0 radical (unpaired) electrons. The number of aliphatic hydroxyl groups excluding tert-OH is 2. The van der Waals surface area contributed by atoms with Crippen LogP contribution in [0.1, 0.15) is 37.2 Å². The van der Waals surface area contributed by atoms with Crippen molar-refractivity contribution in [2.45, 2.75) is 26.1 Å². The third-order valence-corrected chi connectivity index (χ3v) is 2.04. The molecular formula is C10H15NO2. The molecule has 0 heterocycles. The van der Waals surface area contributed by atoms with Crippen LogP contribution in [0.2, 0.25) is 0 Å². The van der Waals surface area contributed by atoms with E-state index in [-0.39, 0.29) is 0 Å². The van der Waals surface area contributed by atoms with Gasteiger partial charge in [0.25, 0.3) is 0 Å². The highest BCUT2D eigenvalue weighted by Gasteiger charge is 2.14. The molecule has 3 heteroatoms. The van der Waals surface area contributed by atoms with E-state index in [1.54, 1.807) is 32.0 Å². The lowest BCUT2D eigenvalue weighted by atomic mass is 9.98. The minimum atomic E-state index is -0.647. The summed E-state index contributed by atoms with van der Waals surface area (Å²) in [5.41, 5.74) is 7.52. The predicted octanol–water partition coefficient (Wildman–Crippen LogP) is 1.38. The fourth-order valence-corrected chi connectivity index (χ4v) is 1.45. The maximum absolute atomic E-state index is 9.44. The lowest BCUT2D eigenvalue weighted by molar-refractivity contribution is 0.176. The predicted molar refractivity (Wildman–Crippen MR) is 52.1 cm³/mol. The number of anilines is 1. The van der Waals surface area contributed by atoms with Crippen LogP contribution in [0.25, 0.3) is 0 Å². The standard InChI is InChI=1S/C10H15NO2/c1-6(12)8-4-3-5-9(11)10(8)7(2)13/h3-7,12-13H,11H2,1-2H3. The van der Waals surface area contributed by atoms with Crippen molar-refractivity contribution in [3.63, 3.8) is 0 Å². The number of nitrogens with two attached hydrogens (primary N) is 1. The molecule has 0 bridgehead atoms. The third kappa shape index (κ3) is 1.99. The van der Waals surface area contributed by atoms with E-state index < -0.39 is 12.2 Å². The van der Waals surface area contributed by atoms with E-state index in [1.807, 2.05) is 0 Å². The first-order valence-electron chi connectivity index (χ1n) is 4.28. The molecule has 72 valence electrons. The van der Waals surface area contributed by atoms with Crippen molar-refractivity contribution in [2.24, 2.45) is 0 Å². The van der Waals surface area contributed by atoms with Crippen LogP contribution in [0.15, 0.2) is 18.2 Å². The van der Waals surface area contributed by atoms with Crippen molar-refractivity contribution in [1.82, 2.24) is 0 Å². The molecule has 0 aliphatic heterocycles. The van der Waals surface area contributed by atoms with Crippen LogP contribution >= 0.6 is 0 Å². The summed E-state index contributed by atoms with van der Waals surface area (Å²) in [6.07, 6.45) is -1.25. The van der Waals surface area contributed by atoms with Crippen LogP contribution in [0.5, 0.6) is 0 Å². The zero-order valence-electron chi connectivity index (χ0n) is 7.86. The van der Waals surface area contributed by atoms with Crippen molar-refractivity contribution >= 4 is 5.69 Å². The van der Waals surface area contributed by atoms with Gasteiger partial charge in [0.15, 0.2) is 0 Å². The van der Waals surface area contributed by atoms with Gasteiger partial charge in [-0.2, -0.15) is 0 Å². The normalized spacial score (nSPS) is 15.4. The average Bonchev–Trinajstić information content (AvgIpc) is 2.02. The molecule has 0 saturated heterocycles. The summed E-state index contributed by atoms with van der Waals surface area (Å²) in [4.78, 5) is 0. The van der Waals surface area contributed by atoms with Gasteiger partial charge < -0.3 is 15.9 Å². The van der Waals surface area contributed by atoms with Crippen molar-refractivity contribution in [3.05, 3.63) is 29.3 Å². The monoisotopic (exact) mass is 181 g/mol. The second-order valence-corrected chi connectivity index (χ2v) is 3.20. The summed E-state index contributed by atoms with van der Waals surface area (Å²) < 4.78 is 0. The lowest BCUT2D eigenvalue weighted by Crippen LogP contribution is -2.05. The topological polar surface area (TPSA) is 66.5 Å². The van der Waals surface area contributed by atoms with Crippen molar-refractivity contribution < 1.29 is 10.2 Å². The number of hydrogen-bond acceptors (Lipinski definition) is 3. The first-order chi connectivity index (χ1) is 6.04. The molecular weight excluding hydrogens is 166 g/mol. The first-order valence-corrected chi connectivity index (χ1v) is 4.28. The summed E-state index contributed by atoms with van der Waals surface area (Å²) in [6, 6.07) is 5.25. The minimum absolute atomic E-state index is 0.522. The molecule has 0 aromatic heterocycles. The molecule has 1 rings (SSSR count). The Labute approximate surface area is 77.8 Å². The Morgan fingerprint density at radius 3 is 2.15 bits per heavy atom. The van der Waals surface area contributed by atoms with Gasteiger partial charge >= 0.3 is 0 Å². The van der Waals surface area contributed by atoms with E-state index in [2.05, 4.69) is 0 Å². The molecule has 1 aromatic carbocycles. The fraction of sp³-hybridized carbons (Fsp3) is 0.400. The molecule has 2 atom stereocenters. The second-order valence-electron chi connectivity index (χ2n) is 3.20. The summed E-state index contributed by atoms with van der Waals surface area (Å²) in [6.45, 7) is 3.29. The fourth-order valence-electron chi connectivity index (χ4n) is 1.45. The SMILES string of the molecule is CC(O)c1cccc(N)c1C(C)O. The zero-order valence-corrected chi connectivity index (χ0v) is 7.86. The van der Waals surface area contributed by atoms with Gasteiger partial charge in [-0.05, 0) is 25.5 Å². The molecule has 0 aliphatic carbocycles. The summed E-state index contributed by atoms with van der Waals surface area (Å²) in [5.74, 6) is 0. The highest BCUT2D eigenvalue weighted by atomic mass is 16.3. The van der Waals surface area contributed by atoms with Crippen LogP contribution in [-0.2, 0) is 0 Å². The van der Waals surface area contributed by atoms with Gasteiger partial charge in [0, 0.05) is 11.3 Å². The molecule has 0 aliphatic rings. The smallest absolute Gasteiger partial charge is 0.0785 e. The molecule has 0 fully saturated rings. The molecule has 3 nitrogen and oxygen atoms in total. The molecule has 1 aromatic rings. The van der Waals surface area contributed by atoms with E-state index in [0.717, 1.165) is 0 Å². The molecule has 0 spiro atoms. The second kappa shape index (κ2) is 3.77. The largest absolute Gasteiger partial charge is 0.398 e.